The molecule has 0 saturated carbocycles. The highest BCUT2D eigenvalue weighted by Crippen LogP contribution is 2.36. The van der Waals surface area contributed by atoms with Gasteiger partial charge in [0.15, 0.2) is 5.65 Å². The van der Waals surface area contributed by atoms with Crippen molar-refractivity contribution in [3.05, 3.63) is 60.9 Å². The lowest BCUT2D eigenvalue weighted by Gasteiger charge is -2.47. The molecule has 0 aliphatic carbocycles. The molecule has 0 spiro atoms. The minimum atomic E-state index is -0.441. The van der Waals surface area contributed by atoms with E-state index in [1.165, 1.54) is 51.9 Å². The number of anilines is 1. The first-order chi connectivity index (χ1) is 26.2. The SMILES string of the molecule is CC(C)(C)OC(=O)N1CCC(N2CCC(N3CCC(N4CCC(n5nc(-c6ccc(Oc7ccccc7)cc6)c6c(N)ncnc65)CC4)CC3)CC2)CC1. The summed E-state index contributed by atoms with van der Waals surface area (Å²) in [5.74, 6) is 2.03. The van der Waals surface area contributed by atoms with E-state index in [1.54, 1.807) is 6.33 Å². The topological polar surface area (TPSA) is 118 Å². The Morgan fingerprint density at radius 1 is 0.667 bits per heavy atom. The number of rotatable bonds is 7. The number of carbonyl (C=O) groups excluding carboxylic acids is 1. The highest BCUT2D eigenvalue weighted by Gasteiger charge is 2.36. The molecule has 8 rings (SSSR count). The number of aromatic nitrogens is 4. The Bertz CT molecular complexity index is 1850. The molecule has 54 heavy (non-hydrogen) atoms. The zero-order valence-corrected chi connectivity index (χ0v) is 32.3. The van der Waals surface area contributed by atoms with Gasteiger partial charge in [-0.1, -0.05) is 18.2 Å². The minimum Gasteiger partial charge on any atom is -0.457 e. The second-order valence-corrected chi connectivity index (χ2v) is 16.7. The third-order valence-corrected chi connectivity index (χ3v) is 12.1. The van der Waals surface area contributed by atoms with Crippen LogP contribution in [0.2, 0.25) is 0 Å². The van der Waals surface area contributed by atoms with Gasteiger partial charge in [0.1, 0.15) is 34.9 Å². The molecule has 12 nitrogen and oxygen atoms in total. The average molecular weight is 736 g/mol. The number of nitrogens with two attached hydrogens (primary N) is 1. The quantitative estimate of drug-likeness (QED) is 0.216. The lowest BCUT2D eigenvalue weighted by molar-refractivity contribution is 0.00664. The third kappa shape index (κ3) is 8.21. The van der Waals surface area contributed by atoms with E-state index in [1.807, 2.05) is 80.3 Å². The molecule has 0 atom stereocenters. The Hall–Kier alpha value is -4.26. The number of fused-ring (bicyclic) bond motifs is 1. The Balaban J connectivity index is 0.812. The van der Waals surface area contributed by atoms with Crippen molar-refractivity contribution < 1.29 is 14.3 Å². The van der Waals surface area contributed by atoms with E-state index in [2.05, 4.69) is 24.4 Å². The maximum atomic E-state index is 12.5. The number of ether oxygens (including phenoxy) is 2. The molecule has 2 N–H and O–H groups in total. The predicted molar refractivity (Wildman–Crippen MR) is 212 cm³/mol. The summed E-state index contributed by atoms with van der Waals surface area (Å²) in [4.78, 5) is 31.7. The summed E-state index contributed by atoms with van der Waals surface area (Å²) in [6.07, 6.45) is 10.6. The first kappa shape index (κ1) is 36.7. The zero-order valence-electron chi connectivity index (χ0n) is 32.3. The van der Waals surface area contributed by atoms with Gasteiger partial charge < -0.3 is 34.8 Å². The van der Waals surface area contributed by atoms with Crippen molar-refractivity contribution in [2.75, 3.05) is 58.1 Å². The first-order valence-corrected chi connectivity index (χ1v) is 20.2. The smallest absolute Gasteiger partial charge is 0.410 e. The molecule has 4 aliphatic rings. The van der Waals surface area contributed by atoms with Crippen LogP contribution in [0.25, 0.3) is 22.3 Å². The molecule has 4 fully saturated rings. The van der Waals surface area contributed by atoms with Gasteiger partial charge in [0.05, 0.1) is 11.4 Å². The number of amides is 1. The summed E-state index contributed by atoms with van der Waals surface area (Å²) in [5.41, 5.74) is 8.62. The highest BCUT2D eigenvalue weighted by atomic mass is 16.6. The number of nitrogens with zero attached hydrogens (tertiary/aromatic N) is 8. The van der Waals surface area contributed by atoms with Crippen LogP contribution < -0.4 is 10.5 Å². The molecule has 2 aromatic carbocycles. The molecule has 0 unspecified atom stereocenters. The molecular weight excluding hydrogens is 679 g/mol. The summed E-state index contributed by atoms with van der Waals surface area (Å²) in [7, 11) is 0. The van der Waals surface area contributed by atoms with Crippen molar-refractivity contribution in [2.24, 2.45) is 0 Å². The van der Waals surface area contributed by atoms with Crippen LogP contribution in [0, 0.1) is 0 Å². The van der Waals surface area contributed by atoms with Crippen molar-refractivity contribution in [2.45, 2.75) is 102 Å². The van der Waals surface area contributed by atoms with Crippen molar-refractivity contribution in [3.63, 3.8) is 0 Å². The second-order valence-electron chi connectivity index (χ2n) is 16.7. The lowest BCUT2D eigenvalue weighted by Crippen LogP contribution is -2.54. The van der Waals surface area contributed by atoms with Gasteiger partial charge in [0.25, 0.3) is 0 Å². The summed E-state index contributed by atoms with van der Waals surface area (Å²) in [5, 5.41) is 5.98. The molecule has 12 heteroatoms. The number of carbonyl (C=O) groups is 1. The lowest BCUT2D eigenvalue weighted by atomic mass is 9.93. The number of nitrogen functional groups attached to an aromatic ring is 1. The Morgan fingerprint density at radius 2 is 1.17 bits per heavy atom. The van der Waals surface area contributed by atoms with Crippen LogP contribution in [0.1, 0.15) is 78.2 Å². The largest absolute Gasteiger partial charge is 0.457 e. The Kier molecular flexibility index (Phi) is 10.8. The first-order valence-electron chi connectivity index (χ1n) is 20.2. The van der Waals surface area contributed by atoms with Crippen LogP contribution in [0.15, 0.2) is 60.9 Å². The van der Waals surface area contributed by atoms with E-state index in [9.17, 15) is 4.79 Å². The van der Waals surface area contributed by atoms with Crippen molar-refractivity contribution in [1.82, 2.24) is 39.3 Å². The van der Waals surface area contributed by atoms with E-state index in [4.69, 9.17) is 25.3 Å². The van der Waals surface area contributed by atoms with Gasteiger partial charge in [-0.2, -0.15) is 5.10 Å². The van der Waals surface area contributed by atoms with Gasteiger partial charge in [0, 0.05) is 49.9 Å². The molecule has 4 aliphatic heterocycles. The van der Waals surface area contributed by atoms with Crippen molar-refractivity contribution in [3.8, 4) is 22.8 Å². The fourth-order valence-corrected chi connectivity index (χ4v) is 9.23. The van der Waals surface area contributed by atoms with Gasteiger partial charge in [0.2, 0.25) is 0 Å². The zero-order chi connectivity index (χ0) is 37.2. The van der Waals surface area contributed by atoms with Gasteiger partial charge in [-0.15, -0.1) is 0 Å². The highest BCUT2D eigenvalue weighted by molar-refractivity contribution is 5.98. The van der Waals surface area contributed by atoms with Crippen LogP contribution in [-0.2, 0) is 4.74 Å². The molecule has 0 radical (unpaired) electrons. The van der Waals surface area contributed by atoms with E-state index in [0.717, 1.165) is 85.7 Å². The summed E-state index contributed by atoms with van der Waals surface area (Å²) in [6, 6.07) is 20.0. The maximum absolute atomic E-state index is 12.5. The van der Waals surface area contributed by atoms with E-state index in [-0.39, 0.29) is 12.1 Å². The Morgan fingerprint density at radius 3 is 1.70 bits per heavy atom. The van der Waals surface area contributed by atoms with Crippen LogP contribution in [0.4, 0.5) is 10.6 Å². The summed E-state index contributed by atoms with van der Waals surface area (Å²) in [6.45, 7) is 14.3. The van der Waals surface area contributed by atoms with Gasteiger partial charge >= 0.3 is 6.09 Å². The van der Waals surface area contributed by atoms with Crippen LogP contribution in [0.5, 0.6) is 11.5 Å². The fourth-order valence-electron chi connectivity index (χ4n) is 9.23. The molecule has 4 saturated heterocycles. The number of benzene rings is 2. The van der Waals surface area contributed by atoms with E-state index < -0.39 is 5.60 Å². The van der Waals surface area contributed by atoms with Crippen molar-refractivity contribution in [1.29, 1.82) is 0 Å². The van der Waals surface area contributed by atoms with Crippen LogP contribution >= 0.6 is 0 Å². The second kappa shape index (κ2) is 15.8. The van der Waals surface area contributed by atoms with Gasteiger partial charge in [-0.25, -0.2) is 19.4 Å². The number of hydrogen-bond donors (Lipinski definition) is 1. The predicted octanol–water partition coefficient (Wildman–Crippen LogP) is 6.83. The van der Waals surface area contributed by atoms with E-state index in [0.29, 0.717) is 23.9 Å². The molecule has 288 valence electrons. The molecule has 1 amide bonds. The number of piperidine rings is 4. The van der Waals surface area contributed by atoms with Crippen LogP contribution in [-0.4, -0.2) is 122 Å². The maximum Gasteiger partial charge on any atom is 0.410 e. The number of hydrogen-bond acceptors (Lipinski definition) is 10. The van der Waals surface area contributed by atoms with E-state index >= 15 is 0 Å². The van der Waals surface area contributed by atoms with Gasteiger partial charge in [-0.3, -0.25) is 0 Å². The molecule has 0 bridgehead atoms. The minimum absolute atomic E-state index is 0.165. The molecule has 4 aromatic rings. The fraction of sp³-hybridized carbons (Fsp3) is 0.571. The standard InChI is InChI=1S/C42H57N9O3/c1-42(2,3)54-41(52)50-27-17-33(18-28-50)48-23-13-31(14-24-48)47-21-15-32(16-22-47)49-25-19-34(20-26-49)51-40-37(39(43)44-29-45-40)38(46-51)30-9-11-36(12-10-30)53-35-7-5-4-6-8-35/h4-12,29,31-34H,13-28H2,1-3H3,(H2,43,44,45). The monoisotopic (exact) mass is 735 g/mol. The summed E-state index contributed by atoms with van der Waals surface area (Å²) < 4.78 is 13.7. The number of likely N-dealkylation sites (tertiary alicyclic amines) is 4. The molecule has 2 aromatic heterocycles. The molecular formula is C42H57N9O3. The number of para-hydroxylation sites is 1. The van der Waals surface area contributed by atoms with Crippen LogP contribution in [0.3, 0.4) is 0 Å². The third-order valence-electron chi connectivity index (χ3n) is 12.1. The average Bonchev–Trinajstić information content (AvgIpc) is 3.59. The Labute approximate surface area is 319 Å². The summed E-state index contributed by atoms with van der Waals surface area (Å²) >= 11 is 0. The molecule has 6 heterocycles. The van der Waals surface area contributed by atoms with Gasteiger partial charge in [-0.05, 0) is 135 Å². The normalized spacial score (nSPS) is 21.1. The van der Waals surface area contributed by atoms with Crippen molar-refractivity contribution >= 4 is 22.9 Å².